The Morgan fingerprint density at radius 2 is 1.96 bits per heavy atom. The highest BCUT2D eigenvalue weighted by Crippen LogP contribution is 2.18. The van der Waals surface area contributed by atoms with Crippen LogP contribution in [0.15, 0.2) is 33.8 Å². The monoisotopic (exact) mass is 493 g/mol. The second kappa shape index (κ2) is 10.7. The molecule has 0 aliphatic carbocycles. The first-order valence-electron chi connectivity index (χ1n) is 8.02. The minimum atomic E-state index is -0.266. The second-order valence-electron chi connectivity index (χ2n) is 6.08. The molecule has 0 bridgehead atoms. The van der Waals surface area contributed by atoms with Crippen LogP contribution >= 0.6 is 35.6 Å². The standard InChI is InChI=1S/C17H24ClN5O2.HI/c1-17(2,24-4)11-21-16(19-3)20-10-9-14-22-15(23-25-14)12-5-7-13(18)8-6-12;/h5-8H,9-11H2,1-4H3,(H2,19,20,21);1H. The Labute approximate surface area is 176 Å². The lowest BCUT2D eigenvalue weighted by Gasteiger charge is -2.24. The van der Waals surface area contributed by atoms with Crippen LogP contribution in [0.3, 0.4) is 0 Å². The summed E-state index contributed by atoms with van der Waals surface area (Å²) in [6.07, 6.45) is 0.592. The maximum Gasteiger partial charge on any atom is 0.228 e. The van der Waals surface area contributed by atoms with Crippen molar-refractivity contribution in [3.05, 3.63) is 35.2 Å². The minimum Gasteiger partial charge on any atom is -0.377 e. The normalized spacial score (nSPS) is 11.8. The zero-order chi connectivity index (χ0) is 18.3. The summed E-state index contributed by atoms with van der Waals surface area (Å²) < 4.78 is 10.7. The van der Waals surface area contributed by atoms with E-state index < -0.39 is 0 Å². The lowest BCUT2D eigenvalue weighted by Crippen LogP contribution is -2.45. The highest BCUT2D eigenvalue weighted by Gasteiger charge is 2.16. The maximum absolute atomic E-state index is 5.88. The molecule has 1 heterocycles. The van der Waals surface area contributed by atoms with Crippen LogP contribution < -0.4 is 10.6 Å². The van der Waals surface area contributed by atoms with E-state index in [4.69, 9.17) is 20.9 Å². The molecule has 0 aliphatic rings. The van der Waals surface area contributed by atoms with Gasteiger partial charge in [-0.25, -0.2) is 0 Å². The fraction of sp³-hybridized carbons (Fsp3) is 0.471. The highest BCUT2D eigenvalue weighted by molar-refractivity contribution is 14.0. The van der Waals surface area contributed by atoms with Gasteiger partial charge in [0.05, 0.1) is 5.60 Å². The fourth-order valence-corrected chi connectivity index (χ4v) is 2.08. The third-order valence-corrected chi connectivity index (χ3v) is 3.91. The number of hydrogen-bond acceptors (Lipinski definition) is 5. The van der Waals surface area contributed by atoms with Gasteiger partial charge in [-0.2, -0.15) is 4.98 Å². The first-order valence-corrected chi connectivity index (χ1v) is 8.39. The van der Waals surface area contributed by atoms with E-state index in [1.54, 1.807) is 26.3 Å². The molecule has 7 nitrogen and oxygen atoms in total. The Kier molecular flexibility index (Phi) is 9.31. The molecular formula is C17H25ClIN5O2. The smallest absolute Gasteiger partial charge is 0.228 e. The molecule has 0 spiro atoms. The van der Waals surface area contributed by atoms with Gasteiger partial charge in [-0.3, -0.25) is 4.99 Å². The van der Waals surface area contributed by atoms with Gasteiger partial charge < -0.3 is 19.9 Å². The first kappa shape index (κ1) is 22.7. The Balaban J connectivity index is 0.00000338. The van der Waals surface area contributed by atoms with E-state index >= 15 is 0 Å². The summed E-state index contributed by atoms with van der Waals surface area (Å²) in [5.74, 6) is 1.81. The summed E-state index contributed by atoms with van der Waals surface area (Å²) in [6.45, 7) is 5.27. The molecular weight excluding hydrogens is 469 g/mol. The molecule has 1 aromatic carbocycles. The lowest BCUT2D eigenvalue weighted by atomic mass is 10.1. The summed E-state index contributed by atoms with van der Waals surface area (Å²) in [5, 5.41) is 11.1. The molecule has 144 valence electrons. The van der Waals surface area contributed by atoms with Gasteiger partial charge in [0.1, 0.15) is 0 Å². The topological polar surface area (TPSA) is 84.6 Å². The Hall–Kier alpha value is -1.39. The fourth-order valence-electron chi connectivity index (χ4n) is 1.95. The van der Waals surface area contributed by atoms with Crippen molar-refractivity contribution in [2.45, 2.75) is 25.9 Å². The summed E-state index contributed by atoms with van der Waals surface area (Å²) >= 11 is 5.88. The number of methoxy groups -OCH3 is 1. The molecule has 2 aromatic rings. The number of nitrogens with one attached hydrogen (secondary N) is 2. The van der Waals surface area contributed by atoms with Gasteiger partial charge in [0.25, 0.3) is 0 Å². The van der Waals surface area contributed by atoms with Crippen molar-refractivity contribution in [2.75, 3.05) is 27.2 Å². The summed E-state index contributed by atoms with van der Waals surface area (Å²) in [5.41, 5.74) is 0.601. The zero-order valence-corrected chi connectivity index (χ0v) is 18.5. The van der Waals surface area contributed by atoms with Gasteiger partial charge in [-0.05, 0) is 38.1 Å². The number of halogens is 2. The van der Waals surface area contributed by atoms with Crippen LogP contribution in [-0.2, 0) is 11.2 Å². The number of nitrogens with zero attached hydrogens (tertiary/aromatic N) is 3. The van der Waals surface area contributed by atoms with Crippen LogP contribution in [0.2, 0.25) is 5.02 Å². The zero-order valence-electron chi connectivity index (χ0n) is 15.4. The Bertz CT molecular complexity index is 703. The Morgan fingerprint density at radius 3 is 2.58 bits per heavy atom. The van der Waals surface area contributed by atoms with Crippen molar-refractivity contribution in [3.63, 3.8) is 0 Å². The molecule has 0 unspecified atom stereocenters. The molecule has 0 atom stereocenters. The molecule has 0 amide bonds. The van der Waals surface area contributed by atoms with Gasteiger partial charge in [0.2, 0.25) is 11.7 Å². The largest absolute Gasteiger partial charge is 0.377 e. The van der Waals surface area contributed by atoms with Gasteiger partial charge in [0.15, 0.2) is 5.96 Å². The highest BCUT2D eigenvalue weighted by atomic mass is 127. The molecule has 1 aromatic heterocycles. The van der Waals surface area contributed by atoms with Crippen molar-refractivity contribution in [1.82, 2.24) is 20.8 Å². The number of aromatic nitrogens is 2. The van der Waals surface area contributed by atoms with Crippen LogP contribution in [0.4, 0.5) is 0 Å². The van der Waals surface area contributed by atoms with Crippen LogP contribution in [0, 0.1) is 0 Å². The third-order valence-electron chi connectivity index (χ3n) is 3.66. The van der Waals surface area contributed by atoms with Crippen molar-refractivity contribution in [1.29, 1.82) is 0 Å². The molecule has 2 rings (SSSR count). The minimum absolute atomic E-state index is 0. The van der Waals surface area contributed by atoms with E-state index in [-0.39, 0.29) is 29.6 Å². The second-order valence-corrected chi connectivity index (χ2v) is 6.52. The number of guanidine groups is 1. The van der Waals surface area contributed by atoms with Crippen LogP contribution in [0.1, 0.15) is 19.7 Å². The van der Waals surface area contributed by atoms with E-state index in [1.807, 2.05) is 26.0 Å². The average molecular weight is 494 g/mol. The SMILES string of the molecule is CN=C(NCCc1nc(-c2ccc(Cl)cc2)no1)NCC(C)(C)OC.I. The number of aliphatic imine (C=N–C) groups is 1. The number of ether oxygens (including phenoxy) is 1. The number of benzene rings is 1. The van der Waals surface area contributed by atoms with Gasteiger partial charge >= 0.3 is 0 Å². The van der Waals surface area contributed by atoms with Crippen molar-refractivity contribution < 1.29 is 9.26 Å². The molecule has 26 heavy (non-hydrogen) atoms. The molecule has 0 saturated heterocycles. The van der Waals surface area contributed by atoms with E-state index in [0.717, 1.165) is 5.56 Å². The molecule has 0 saturated carbocycles. The maximum atomic E-state index is 5.88. The molecule has 0 radical (unpaired) electrons. The van der Waals surface area contributed by atoms with Gasteiger partial charge in [-0.1, -0.05) is 16.8 Å². The molecule has 0 fully saturated rings. The Morgan fingerprint density at radius 1 is 1.27 bits per heavy atom. The van der Waals surface area contributed by atoms with Crippen molar-refractivity contribution in [2.24, 2.45) is 4.99 Å². The van der Waals surface area contributed by atoms with Crippen molar-refractivity contribution >= 4 is 41.5 Å². The molecule has 0 aliphatic heterocycles. The van der Waals surface area contributed by atoms with Gasteiger partial charge in [-0.15, -0.1) is 24.0 Å². The van der Waals surface area contributed by atoms with Crippen molar-refractivity contribution in [3.8, 4) is 11.4 Å². The summed E-state index contributed by atoms with van der Waals surface area (Å²) in [6, 6.07) is 7.31. The van der Waals surface area contributed by atoms with E-state index in [9.17, 15) is 0 Å². The number of rotatable bonds is 7. The summed E-state index contributed by atoms with van der Waals surface area (Å²) in [4.78, 5) is 8.57. The quantitative estimate of drug-likeness (QED) is 0.350. The van der Waals surface area contributed by atoms with Crippen LogP contribution in [0.25, 0.3) is 11.4 Å². The summed E-state index contributed by atoms with van der Waals surface area (Å²) in [7, 11) is 3.41. The third kappa shape index (κ3) is 7.08. The van der Waals surface area contributed by atoms with E-state index in [1.165, 1.54) is 0 Å². The predicted molar refractivity (Wildman–Crippen MR) is 114 cm³/mol. The van der Waals surface area contributed by atoms with Crippen LogP contribution in [0.5, 0.6) is 0 Å². The molecule has 9 heteroatoms. The van der Waals surface area contributed by atoms with E-state index in [2.05, 4.69) is 25.8 Å². The predicted octanol–water partition coefficient (Wildman–Crippen LogP) is 3.14. The van der Waals surface area contributed by atoms with E-state index in [0.29, 0.717) is 42.2 Å². The molecule has 2 N–H and O–H groups in total. The van der Waals surface area contributed by atoms with Crippen LogP contribution in [-0.4, -0.2) is 48.9 Å². The van der Waals surface area contributed by atoms with Gasteiger partial charge in [0, 0.05) is 44.3 Å². The first-order chi connectivity index (χ1) is 11.9. The average Bonchev–Trinajstić information content (AvgIpc) is 3.07. The lowest BCUT2D eigenvalue weighted by molar-refractivity contribution is 0.0268. The number of hydrogen-bond donors (Lipinski definition) is 2.